The molecule has 2 atom stereocenters. The van der Waals surface area contributed by atoms with Gasteiger partial charge in [-0.05, 0) is 44.0 Å². The fourth-order valence-corrected chi connectivity index (χ4v) is 4.05. The third-order valence-corrected chi connectivity index (χ3v) is 5.63. The summed E-state index contributed by atoms with van der Waals surface area (Å²) in [5.74, 6) is 1.14. The van der Waals surface area contributed by atoms with E-state index >= 15 is 0 Å². The fourth-order valence-electron chi connectivity index (χ4n) is 3.44. The van der Waals surface area contributed by atoms with Gasteiger partial charge >= 0.3 is 5.69 Å². The quantitative estimate of drug-likeness (QED) is 0.594. The Morgan fingerprint density at radius 3 is 3.04 bits per heavy atom. The molecule has 3 heterocycles. The highest BCUT2D eigenvalue weighted by Gasteiger charge is 2.19. The van der Waals surface area contributed by atoms with Gasteiger partial charge < -0.3 is 15.6 Å². The monoisotopic (exact) mass is 416 g/mol. The van der Waals surface area contributed by atoms with Crippen LogP contribution in [0.5, 0.6) is 0 Å². The lowest BCUT2D eigenvalue weighted by atomic mass is 10.1. The van der Waals surface area contributed by atoms with Crippen LogP contribution in [0.1, 0.15) is 24.9 Å². The highest BCUT2D eigenvalue weighted by atomic mass is 79.9. The van der Waals surface area contributed by atoms with Gasteiger partial charge in [0, 0.05) is 11.0 Å². The van der Waals surface area contributed by atoms with Gasteiger partial charge in [-0.15, -0.1) is 0 Å². The maximum Gasteiger partial charge on any atom is 0.328 e. The van der Waals surface area contributed by atoms with Crippen LogP contribution in [0, 0.1) is 5.92 Å². The zero-order valence-electron chi connectivity index (χ0n) is 14.5. The van der Waals surface area contributed by atoms with E-state index in [2.05, 4.69) is 41.5 Å². The molecule has 0 unspecified atom stereocenters. The summed E-state index contributed by atoms with van der Waals surface area (Å²) >= 11 is 3.57. The Morgan fingerprint density at radius 1 is 1.42 bits per heavy atom. The Hall–Kier alpha value is -2.19. The van der Waals surface area contributed by atoms with Crippen molar-refractivity contribution >= 4 is 33.0 Å². The van der Waals surface area contributed by atoms with Crippen molar-refractivity contribution in [3.8, 4) is 0 Å². The standard InChI is InChI=1S/C18H21BrN6O/c1-11(13-4-2-3-5-14(13)19)25-16-15(23-18(25)26)10-22-17(24-16)21-9-12-6-7-20-8-12/h2-5,10-12,20H,6-9H2,1H3,(H,23,26)(H,21,22,24)/t11-,12+/m0/s1. The molecule has 1 aromatic carbocycles. The summed E-state index contributed by atoms with van der Waals surface area (Å²) in [6.07, 6.45) is 2.82. The molecule has 8 heteroatoms. The van der Waals surface area contributed by atoms with E-state index in [-0.39, 0.29) is 11.7 Å². The molecule has 1 fully saturated rings. The summed E-state index contributed by atoms with van der Waals surface area (Å²) in [5.41, 5.74) is 2.10. The molecule has 0 amide bonds. The highest BCUT2D eigenvalue weighted by molar-refractivity contribution is 9.10. The van der Waals surface area contributed by atoms with Crippen molar-refractivity contribution in [1.82, 2.24) is 24.8 Å². The van der Waals surface area contributed by atoms with E-state index in [4.69, 9.17) is 0 Å². The minimum Gasteiger partial charge on any atom is -0.354 e. The van der Waals surface area contributed by atoms with Gasteiger partial charge in [0.1, 0.15) is 5.52 Å². The van der Waals surface area contributed by atoms with E-state index in [9.17, 15) is 4.79 Å². The van der Waals surface area contributed by atoms with Crippen molar-refractivity contribution in [2.24, 2.45) is 5.92 Å². The second-order valence-corrected chi connectivity index (χ2v) is 7.52. The minimum atomic E-state index is -0.185. The number of fused-ring (bicyclic) bond motifs is 1. The molecule has 136 valence electrons. The molecule has 0 spiro atoms. The number of anilines is 1. The maximum absolute atomic E-state index is 12.5. The van der Waals surface area contributed by atoms with E-state index in [1.165, 1.54) is 0 Å². The average molecular weight is 417 g/mol. The first-order valence-electron chi connectivity index (χ1n) is 8.79. The first-order valence-corrected chi connectivity index (χ1v) is 9.59. The van der Waals surface area contributed by atoms with Crippen LogP contribution < -0.4 is 16.3 Å². The predicted octanol–water partition coefficient (Wildman–Crippen LogP) is 2.51. The molecular formula is C18H21BrN6O. The zero-order chi connectivity index (χ0) is 18.1. The SMILES string of the molecule is C[C@@H](c1ccccc1Br)n1c(=O)[nH]c2cnc(NC[C@@H]3CCNC3)nc21. The number of aromatic nitrogens is 4. The fraction of sp³-hybridized carbons (Fsp3) is 0.389. The van der Waals surface area contributed by atoms with Crippen LogP contribution in [0.4, 0.5) is 5.95 Å². The van der Waals surface area contributed by atoms with Gasteiger partial charge in [-0.1, -0.05) is 34.1 Å². The molecular weight excluding hydrogens is 396 g/mol. The number of imidazole rings is 1. The summed E-state index contributed by atoms with van der Waals surface area (Å²) in [4.78, 5) is 24.3. The number of nitrogens with one attached hydrogen (secondary N) is 3. The van der Waals surface area contributed by atoms with Crippen LogP contribution >= 0.6 is 15.9 Å². The largest absolute Gasteiger partial charge is 0.354 e. The van der Waals surface area contributed by atoms with E-state index < -0.39 is 0 Å². The number of hydrogen-bond acceptors (Lipinski definition) is 5. The Labute approximate surface area is 159 Å². The molecule has 0 aliphatic carbocycles. The van der Waals surface area contributed by atoms with Crippen LogP contribution in [0.2, 0.25) is 0 Å². The van der Waals surface area contributed by atoms with Crippen LogP contribution in [-0.2, 0) is 0 Å². The maximum atomic E-state index is 12.5. The number of H-pyrrole nitrogens is 1. The number of rotatable bonds is 5. The van der Waals surface area contributed by atoms with E-state index in [0.717, 1.165) is 36.1 Å². The number of aromatic amines is 1. The second kappa shape index (κ2) is 7.20. The lowest BCUT2D eigenvalue weighted by Crippen LogP contribution is -2.22. The summed E-state index contributed by atoms with van der Waals surface area (Å²) in [6.45, 7) is 4.90. The molecule has 1 aliphatic rings. The van der Waals surface area contributed by atoms with Gasteiger partial charge in [0.2, 0.25) is 5.95 Å². The van der Waals surface area contributed by atoms with Crippen molar-refractivity contribution < 1.29 is 0 Å². The van der Waals surface area contributed by atoms with Crippen molar-refractivity contribution in [3.63, 3.8) is 0 Å². The van der Waals surface area contributed by atoms with Gasteiger partial charge in [0.15, 0.2) is 5.65 Å². The molecule has 1 saturated heterocycles. The summed E-state index contributed by atoms with van der Waals surface area (Å²) < 4.78 is 2.65. The molecule has 3 aromatic rings. The average Bonchev–Trinajstić information content (AvgIpc) is 3.26. The minimum absolute atomic E-state index is 0.159. The summed E-state index contributed by atoms with van der Waals surface area (Å²) in [6, 6.07) is 7.75. The van der Waals surface area contributed by atoms with Crippen LogP contribution in [0.15, 0.2) is 39.7 Å². The molecule has 3 N–H and O–H groups in total. The first-order chi connectivity index (χ1) is 12.6. The van der Waals surface area contributed by atoms with Gasteiger partial charge in [-0.25, -0.2) is 9.78 Å². The smallest absolute Gasteiger partial charge is 0.328 e. The molecule has 0 saturated carbocycles. The third kappa shape index (κ3) is 3.26. The predicted molar refractivity (Wildman–Crippen MR) is 106 cm³/mol. The van der Waals surface area contributed by atoms with E-state index in [1.54, 1.807) is 10.8 Å². The summed E-state index contributed by atoms with van der Waals surface area (Å²) in [5, 5.41) is 6.66. The zero-order valence-corrected chi connectivity index (χ0v) is 16.1. The van der Waals surface area contributed by atoms with Crippen LogP contribution in [0.25, 0.3) is 11.2 Å². The van der Waals surface area contributed by atoms with Crippen LogP contribution in [0.3, 0.4) is 0 Å². The molecule has 0 bridgehead atoms. The van der Waals surface area contributed by atoms with Crippen molar-refractivity contribution in [2.45, 2.75) is 19.4 Å². The Morgan fingerprint density at radius 2 is 2.27 bits per heavy atom. The summed E-state index contributed by atoms with van der Waals surface area (Å²) in [7, 11) is 0. The topological polar surface area (TPSA) is 87.6 Å². The number of benzene rings is 1. The third-order valence-electron chi connectivity index (χ3n) is 4.91. The normalized spacial score (nSPS) is 18.3. The lowest BCUT2D eigenvalue weighted by Gasteiger charge is -2.15. The Kier molecular flexibility index (Phi) is 4.78. The number of nitrogens with zero attached hydrogens (tertiary/aromatic N) is 3. The lowest BCUT2D eigenvalue weighted by molar-refractivity contribution is 0.611. The van der Waals surface area contributed by atoms with Gasteiger partial charge in [0.05, 0.1) is 12.2 Å². The molecule has 0 radical (unpaired) electrons. The van der Waals surface area contributed by atoms with Crippen molar-refractivity contribution in [3.05, 3.63) is 51.0 Å². The molecule has 26 heavy (non-hydrogen) atoms. The first kappa shape index (κ1) is 17.2. The molecule has 2 aromatic heterocycles. The molecule has 1 aliphatic heterocycles. The number of hydrogen-bond donors (Lipinski definition) is 3. The van der Waals surface area contributed by atoms with Gasteiger partial charge in [-0.2, -0.15) is 4.98 Å². The van der Waals surface area contributed by atoms with Gasteiger partial charge in [-0.3, -0.25) is 4.57 Å². The molecule has 7 nitrogen and oxygen atoms in total. The van der Waals surface area contributed by atoms with Crippen molar-refractivity contribution in [1.29, 1.82) is 0 Å². The second-order valence-electron chi connectivity index (χ2n) is 6.67. The van der Waals surface area contributed by atoms with E-state index in [1.807, 2.05) is 31.2 Å². The highest BCUT2D eigenvalue weighted by Crippen LogP contribution is 2.27. The Bertz CT molecular complexity index is 975. The number of halogens is 1. The van der Waals surface area contributed by atoms with Gasteiger partial charge in [0.25, 0.3) is 0 Å². The Balaban J connectivity index is 1.67. The van der Waals surface area contributed by atoms with Crippen molar-refractivity contribution in [2.75, 3.05) is 25.0 Å². The molecule has 4 rings (SSSR count). The van der Waals surface area contributed by atoms with E-state index in [0.29, 0.717) is 23.0 Å². The van der Waals surface area contributed by atoms with Crippen LogP contribution in [-0.4, -0.2) is 39.2 Å².